The largest absolute Gasteiger partial charge is 0.452 e. The molecule has 2 nitrogen and oxygen atoms in total. The molecule has 11 rings (SSSR count). The van der Waals surface area contributed by atoms with E-state index in [1.54, 1.807) is 0 Å². The van der Waals surface area contributed by atoms with Crippen LogP contribution in [0.1, 0.15) is 35.1 Å². The van der Waals surface area contributed by atoms with Crippen LogP contribution >= 0.6 is 0 Å². The van der Waals surface area contributed by atoms with E-state index in [1.165, 1.54) is 49.7 Å². The van der Waals surface area contributed by atoms with E-state index in [1.807, 2.05) is 18.2 Å². The smallest absolute Gasteiger partial charge is 0.178 e. The van der Waals surface area contributed by atoms with Crippen molar-refractivity contribution in [1.29, 1.82) is 0 Å². The van der Waals surface area contributed by atoms with E-state index in [0.717, 1.165) is 49.4 Å². The fourth-order valence-corrected chi connectivity index (χ4v) is 9.00. The SMILES string of the molecule is CC12C=CC=CC1=C(c1cccc(-c3ccc4oc5c(ccc6c7ccccc7oc65)c4c3)c1)c1ccccc1C2c1ccc2ccccc2c1. The summed E-state index contributed by atoms with van der Waals surface area (Å²) in [5, 5.41) is 6.89. The van der Waals surface area contributed by atoms with E-state index in [4.69, 9.17) is 8.83 Å². The molecule has 0 radical (unpaired) electrons. The van der Waals surface area contributed by atoms with Crippen LogP contribution in [-0.4, -0.2) is 0 Å². The van der Waals surface area contributed by atoms with Gasteiger partial charge in [0.05, 0.1) is 0 Å². The molecule has 2 atom stereocenters. The predicted molar refractivity (Wildman–Crippen MR) is 211 cm³/mol. The summed E-state index contributed by atoms with van der Waals surface area (Å²) in [6.45, 7) is 2.42. The van der Waals surface area contributed by atoms with E-state index in [9.17, 15) is 0 Å². The zero-order valence-corrected chi connectivity index (χ0v) is 28.1. The van der Waals surface area contributed by atoms with Crippen molar-refractivity contribution in [3.8, 4) is 11.1 Å². The third-order valence-electron chi connectivity index (χ3n) is 11.4. The molecule has 240 valence electrons. The van der Waals surface area contributed by atoms with Gasteiger partial charge in [0.1, 0.15) is 11.2 Å². The van der Waals surface area contributed by atoms with Crippen LogP contribution in [0.2, 0.25) is 0 Å². The first-order valence-corrected chi connectivity index (χ1v) is 17.7. The number of benzene rings is 7. The van der Waals surface area contributed by atoms with Crippen molar-refractivity contribution in [2.75, 3.05) is 0 Å². The van der Waals surface area contributed by atoms with Gasteiger partial charge in [-0.1, -0.05) is 140 Å². The molecule has 0 fully saturated rings. The van der Waals surface area contributed by atoms with Crippen molar-refractivity contribution < 1.29 is 8.83 Å². The highest BCUT2D eigenvalue weighted by Crippen LogP contribution is 2.57. The minimum Gasteiger partial charge on any atom is -0.452 e. The van der Waals surface area contributed by atoms with Gasteiger partial charge in [-0.25, -0.2) is 0 Å². The Bertz CT molecular complexity index is 3000. The zero-order chi connectivity index (χ0) is 33.7. The summed E-state index contributed by atoms with van der Waals surface area (Å²) in [7, 11) is 0. The molecule has 0 amide bonds. The van der Waals surface area contributed by atoms with Crippen molar-refractivity contribution in [2.24, 2.45) is 5.41 Å². The Balaban J connectivity index is 1.07. The quantitative estimate of drug-likeness (QED) is 0.190. The Labute approximate surface area is 295 Å². The van der Waals surface area contributed by atoms with Gasteiger partial charge in [0.25, 0.3) is 0 Å². The maximum atomic E-state index is 6.47. The molecule has 2 aliphatic rings. The van der Waals surface area contributed by atoms with E-state index >= 15 is 0 Å². The normalized spacial score (nSPS) is 18.3. The first-order valence-electron chi connectivity index (χ1n) is 17.7. The minimum atomic E-state index is -0.229. The second-order valence-electron chi connectivity index (χ2n) is 14.2. The molecule has 0 N–H and O–H groups in total. The van der Waals surface area contributed by atoms with Crippen LogP contribution in [-0.2, 0) is 0 Å². The number of allylic oxidation sites excluding steroid dienone is 5. The lowest BCUT2D eigenvalue weighted by Crippen LogP contribution is -2.32. The van der Waals surface area contributed by atoms with Crippen LogP contribution in [0.4, 0.5) is 0 Å². The van der Waals surface area contributed by atoms with Crippen molar-refractivity contribution >= 4 is 60.2 Å². The van der Waals surface area contributed by atoms with Gasteiger partial charge in [-0.3, -0.25) is 0 Å². The summed E-state index contributed by atoms with van der Waals surface area (Å²) < 4.78 is 12.8. The molecule has 2 aromatic heterocycles. The molecule has 0 spiro atoms. The Hall–Kier alpha value is -6.38. The minimum absolute atomic E-state index is 0.177. The number of para-hydroxylation sites is 1. The van der Waals surface area contributed by atoms with Gasteiger partial charge in [0.2, 0.25) is 0 Å². The van der Waals surface area contributed by atoms with Crippen molar-refractivity contribution in [3.05, 3.63) is 198 Å². The number of rotatable bonds is 3. The topological polar surface area (TPSA) is 26.3 Å². The number of hydrogen-bond acceptors (Lipinski definition) is 2. The lowest BCUT2D eigenvalue weighted by atomic mass is 9.58. The van der Waals surface area contributed by atoms with Crippen LogP contribution in [0.3, 0.4) is 0 Å². The van der Waals surface area contributed by atoms with Crippen LogP contribution in [0.25, 0.3) is 71.3 Å². The van der Waals surface area contributed by atoms with Gasteiger partial charge < -0.3 is 8.83 Å². The molecular formula is C49H32O2. The molecule has 0 aliphatic heterocycles. The summed E-state index contributed by atoms with van der Waals surface area (Å²) >= 11 is 0. The van der Waals surface area contributed by atoms with Crippen molar-refractivity contribution in [3.63, 3.8) is 0 Å². The monoisotopic (exact) mass is 652 g/mol. The Morgan fingerprint density at radius 1 is 0.510 bits per heavy atom. The van der Waals surface area contributed by atoms with Gasteiger partial charge in [-0.2, -0.15) is 0 Å². The fraction of sp³-hybridized carbons (Fsp3) is 0.0612. The lowest BCUT2D eigenvalue weighted by molar-refractivity contribution is 0.449. The van der Waals surface area contributed by atoms with Crippen LogP contribution < -0.4 is 0 Å². The molecule has 9 aromatic rings. The average molecular weight is 653 g/mol. The maximum absolute atomic E-state index is 6.47. The average Bonchev–Trinajstić information content (AvgIpc) is 3.75. The third-order valence-corrected chi connectivity index (χ3v) is 11.4. The highest BCUT2D eigenvalue weighted by molar-refractivity contribution is 6.19. The molecule has 0 saturated heterocycles. The standard InChI is InChI=1S/C49H32O2/c1-49-26-9-8-18-42(49)45(37-16-4-5-17-38(37)46(49)35-21-20-30-11-2-3-12-31(30)28-35)34-14-10-13-32(27-34)33-22-25-44-41(29-33)40-24-23-39-36-15-6-7-19-43(36)50-47(39)48(40)51-44/h2-29,46H,1H3. The molecule has 0 saturated carbocycles. The van der Waals surface area contributed by atoms with Gasteiger partial charge in [0.15, 0.2) is 11.2 Å². The third kappa shape index (κ3) is 4.11. The predicted octanol–water partition coefficient (Wildman–Crippen LogP) is 13.4. The molecular weight excluding hydrogens is 621 g/mol. The summed E-state index contributed by atoms with van der Waals surface area (Å²) in [5.41, 5.74) is 13.3. The van der Waals surface area contributed by atoms with Gasteiger partial charge in [-0.05, 0) is 91.7 Å². The summed E-state index contributed by atoms with van der Waals surface area (Å²) in [6.07, 6.45) is 9.18. The Morgan fingerprint density at radius 2 is 1.24 bits per heavy atom. The zero-order valence-electron chi connectivity index (χ0n) is 28.1. The maximum Gasteiger partial charge on any atom is 0.178 e. The summed E-state index contributed by atoms with van der Waals surface area (Å²) in [6, 6.07) is 52.8. The van der Waals surface area contributed by atoms with Crippen LogP contribution in [0.5, 0.6) is 0 Å². The molecule has 7 aromatic carbocycles. The Kier molecular flexibility index (Phi) is 5.89. The number of fused-ring (bicyclic) bond motifs is 10. The first-order chi connectivity index (χ1) is 25.1. The summed E-state index contributed by atoms with van der Waals surface area (Å²) in [4.78, 5) is 0. The molecule has 2 heteroatoms. The van der Waals surface area contributed by atoms with Crippen molar-refractivity contribution in [2.45, 2.75) is 12.8 Å². The van der Waals surface area contributed by atoms with Gasteiger partial charge in [-0.15, -0.1) is 0 Å². The van der Waals surface area contributed by atoms with Gasteiger partial charge >= 0.3 is 0 Å². The second-order valence-corrected chi connectivity index (χ2v) is 14.2. The lowest BCUT2D eigenvalue weighted by Gasteiger charge is -2.45. The van der Waals surface area contributed by atoms with Crippen molar-refractivity contribution in [1.82, 2.24) is 0 Å². The molecule has 2 aliphatic carbocycles. The molecule has 51 heavy (non-hydrogen) atoms. The van der Waals surface area contributed by atoms with E-state index < -0.39 is 0 Å². The van der Waals surface area contributed by atoms with E-state index in [2.05, 4.69) is 159 Å². The highest BCUT2D eigenvalue weighted by Gasteiger charge is 2.44. The molecule has 2 heterocycles. The first kappa shape index (κ1) is 28.5. The van der Waals surface area contributed by atoms with Crippen LogP contribution in [0.15, 0.2) is 184 Å². The number of furan rings is 2. The van der Waals surface area contributed by atoms with Gasteiger partial charge in [0, 0.05) is 32.9 Å². The van der Waals surface area contributed by atoms with Crippen LogP contribution in [0, 0.1) is 5.41 Å². The molecule has 2 unspecified atom stereocenters. The molecule has 0 bridgehead atoms. The van der Waals surface area contributed by atoms with E-state index in [-0.39, 0.29) is 11.3 Å². The second kappa shape index (κ2) is 10.6. The fourth-order valence-electron chi connectivity index (χ4n) is 9.00. The Morgan fingerprint density at radius 3 is 2.14 bits per heavy atom. The summed E-state index contributed by atoms with van der Waals surface area (Å²) in [5.74, 6) is 0.177. The highest BCUT2D eigenvalue weighted by atomic mass is 16.4. The van der Waals surface area contributed by atoms with E-state index in [0.29, 0.717) is 0 Å². The number of hydrogen-bond donors (Lipinski definition) is 0.